The largest absolute Gasteiger partial charge is 0.288 e. The molecule has 2 bridgehead atoms. The number of carbonyl (C=O) groups excluding carboxylic acids is 2. The molecule has 0 N–H and O–H groups in total. The van der Waals surface area contributed by atoms with E-state index >= 15 is 0 Å². The van der Waals surface area contributed by atoms with Gasteiger partial charge in [-0.15, -0.1) is 0 Å². The monoisotopic (exact) mass is 371 g/mol. The van der Waals surface area contributed by atoms with Crippen LogP contribution in [0.15, 0.2) is 35.5 Å². The summed E-state index contributed by atoms with van der Waals surface area (Å²) in [7, 11) is 0. The first kappa shape index (κ1) is 15.7. The van der Waals surface area contributed by atoms with Gasteiger partial charge in [-0.05, 0) is 36.2 Å². The zero-order chi connectivity index (χ0) is 18.2. The number of amides is 2. The van der Waals surface area contributed by atoms with E-state index in [2.05, 4.69) is 17.3 Å². The van der Waals surface area contributed by atoms with Crippen LogP contribution in [0.1, 0.15) is 12.0 Å². The van der Waals surface area contributed by atoms with Crippen molar-refractivity contribution in [3.05, 3.63) is 51.1 Å². The van der Waals surface area contributed by atoms with E-state index in [-0.39, 0.29) is 46.2 Å². The number of hydrazone groups is 1. The maximum absolute atomic E-state index is 12.8. The molecule has 0 radical (unpaired) electrons. The SMILES string of the molecule is O=C1[C@@H]2[C@H]3C=C[C@H]([C@@H]4C[C@H]34)[C@@H]2C(=O)N1/N=C\c1ccc(Cl)c([N+](=O)[O-])c1. The predicted molar refractivity (Wildman–Crippen MR) is 92.3 cm³/mol. The second-order valence-corrected chi connectivity index (χ2v) is 7.76. The van der Waals surface area contributed by atoms with Crippen LogP contribution in [0, 0.1) is 45.6 Å². The van der Waals surface area contributed by atoms with Crippen molar-refractivity contribution in [2.45, 2.75) is 6.42 Å². The molecule has 6 atom stereocenters. The van der Waals surface area contributed by atoms with Crippen LogP contribution >= 0.6 is 11.6 Å². The quantitative estimate of drug-likeness (QED) is 0.268. The van der Waals surface area contributed by atoms with Crippen molar-refractivity contribution in [3.8, 4) is 0 Å². The number of imide groups is 1. The predicted octanol–water partition coefficient (Wildman–Crippen LogP) is 2.64. The number of rotatable bonds is 3. The minimum absolute atomic E-state index is 0.0216. The average molecular weight is 372 g/mol. The van der Waals surface area contributed by atoms with Crippen LogP contribution in [0.2, 0.25) is 5.02 Å². The van der Waals surface area contributed by atoms with Crippen LogP contribution < -0.4 is 0 Å². The maximum Gasteiger partial charge on any atom is 0.288 e. The molecule has 0 spiro atoms. The van der Waals surface area contributed by atoms with Gasteiger partial charge in [0.15, 0.2) is 0 Å². The lowest BCUT2D eigenvalue weighted by molar-refractivity contribution is -0.384. The first-order chi connectivity index (χ1) is 12.5. The summed E-state index contributed by atoms with van der Waals surface area (Å²) in [5.41, 5.74) is 0.159. The molecule has 5 aliphatic rings. The van der Waals surface area contributed by atoms with Crippen molar-refractivity contribution in [2.24, 2.45) is 40.6 Å². The van der Waals surface area contributed by atoms with Gasteiger partial charge in [-0.1, -0.05) is 29.8 Å². The lowest BCUT2D eigenvalue weighted by Crippen LogP contribution is -2.40. The molecule has 4 aliphatic carbocycles. The number of nitrogens with zero attached hydrogens (tertiary/aromatic N) is 3. The molecule has 0 aromatic heterocycles. The van der Waals surface area contributed by atoms with E-state index in [1.807, 2.05) is 0 Å². The van der Waals surface area contributed by atoms with Gasteiger partial charge in [0.2, 0.25) is 0 Å². The Morgan fingerprint density at radius 3 is 2.35 bits per heavy atom. The van der Waals surface area contributed by atoms with Crippen LogP contribution in [-0.4, -0.2) is 28.0 Å². The molecule has 26 heavy (non-hydrogen) atoms. The van der Waals surface area contributed by atoms with Crippen molar-refractivity contribution in [3.63, 3.8) is 0 Å². The molecular formula is C18H14ClN3O4. The topological polar surface area (TPSA) is 92.9 Å². The fourth-order valence-corrected chi connectivity index (χ4v) is 5.12. The first-order valence-corrected chi connectivity index (χ1v) is 8.89. The molecule has 2 saturated carbocycles. The van der Waals surface area contributed by atoms with Crippen molar-refractivity contribution < 1.29 is 14.5 Å². The van der Waals surface area contributed by atoms with Gasteiger partial charge in [0.25, 0.3) is 17.5 Å². The van der Waals surface area contributed by atoms with E-state index in [1.165, 1.54) is 18.3 Å². The molecule has 132 valence electrons. The summed E-state index contributed by atoms with van der Waals surface area (Å²) in [5.74, 6) is 0.216. The molecule has 1 aromatic rings. The summed E-state index contributed by atoms with van der Waals surface area (Å²) >= 11 is 5.79. The maximum atomic E-state index is 12.8. The van der Waals surface area contributed by atoms with Gasteiger partial charge >= 0.3 is 0 Å². The van der Waals surface area contributed by atoms with Gasteiger partial charge in [-0.2, -0.15) is 10.1 Å². The molecular weight excluding hydrogens is 358 g/mol. The standard InChI is InChI=1S/C18H14ClN3O4/c19-13-4-1-8(5-14(13)22(25)26)7-20-21-17(23)15-9-2-3-10(12-6-11(9)12)16(15)18(21)24/h1-5,7,9-12,15-16H,6H2/b20-7-/t9-,10+,11+,12-,15+,16-. The van der Waals surface area contributed by atoms with Crippen LogP contribution in [0.3, 0.4) is 0 Å². The van der Waals surface area contributed by atoms with Crippen molar-refractivity contribution in [2.75, 3.05) is 0 Å². The van der Waals surface area contributed by atoms with E-state index in [4.69, 9.17) is 11.6 Å². The van der Waals surface area contributed by atoms with E-state index in [1.54, 1.807) is 6.07 Å². The number of benzene rings is 1. The highest BCUT2D eigenvalue weighted by Gasteiger charge is 2.67. The Labute approximate surface area is 153 Å². The normalized spacial score (nSPS) is 36.6. The zero-order valence-corrected chi connectivity index (χ0v) is 14.2. The Hall–Kier alpha value is -2.54. The Morgan fingerprint density at radius 1 is 1.15 bits per heavy atom. The highest BCUT2D eigenvalue weighted by atomic mass is 35.5. The molecule has 2 amide bonds. The van der Waals surface area contributed by atoms with E-state index < -0.39 is 4.92 Å². The number of hydrogen-bond donors (Lipinski definition) is 0. The lowest BCUT2D eigenvalue weighted by atomic mass is 9.63. The van der Waals surface area contributed by atoms with Gasteiger partial charge in [-0.3, -0.25) is 19.7 Å². The molecule has 1 heterocycles. The number of carbonyl (C=O) groups is 2. The van der Waals surface area contributed by atoms with Crippen molar-refractivity contribution in [1.82, 2.24) is 5.01 Å². The number of nitro benzene ring substituents is 1. The third kappa shape index (κ3) is 2.03. The van der Waals surface area contributed by atoms with Crippen molar-refractivity contribution in [1.29, 1.82) is 0 Å². The first-order valence-electron chi connectivity index (χ1n) is 8.51. The fraction of sp³-hybridized carbons (Fsp3) is 0.389. The number of halogens is 1. The lowest BCUT2D eigenvalue weighted by Gasteiger charge is -2.37. The van der Waals surface area contributed by atoms with E-state index in [0.717, 1.165) is 11.4 Å². The number of nitro groups is 1. The molecule has 3 fully saturated rings. The number of hydrogen-bond acceptors (Lipinski definition) is 5. The minimum Gasteiger partial charge on any atom is -0.272 e. The Kier molecular flexibility index (Phi) is 3.16. The highest BCUT2D eigenvalue weighted by molar-refractivity contribution is 6.32. The van der Waals surface area contributed by atoms with E-state index in [9.17, 15) is 19.7 Å². The highest BCUT2D eigenvalue weighted by Crippen LogP contribution is 2.65. The van der Waals surface area contributed by atoms with Crippen molar-refractivity contribution >= 4 is 35.3 Å². The average Bonchev–Trinajstić information content (AvgIpc) is 3.40. The molecule has 7 nitrogen and oxygen atoms in total. The zero-order valence-electron chi connectivity index (χ0n) is 13.5. The molecule has 0 unspecified atom stereocenters. The second kappa shape index (κ2) is 5.23. The summed E-state index contributed by atoms with van der Waals surface area (Å²) in [5, 5.41) is 16.0. The van der Waals surface area contributed by atoms with Crippen LogP contribution in [0.4, 0.5) is 5.69 Å². The van der Waals surface area contributed by atoms with Gasteiger partial charge < -0.3 is 0 Å². The molecule has 1 saturated heterocycles. The molecule has 8 heteroatoms. The second-order valence-electron chi connectivity index (χ2n) is 7.36. The summed E-state index contributed by atoms with van der Waals surface area (Å²) in [6.07, 6.45) is 6.60. The summed E-state index contributed by atoms with van der Waals surface area (Å²) in [4.78, 5) is 36.0. The Morgan fingerprint density at radius 2 is 1.77 bits per heavy atom. The number of allylic oxidation sites excluding steroid dienone is 2. The molecule has 1 aliphatic heterocycles. The van der Waals surface area contributed by atoms with Crippen LogP contribution in [0.25, 0.3) is 0 Å². The molecule has 1 aromatic carbocycles. The van der Waals surface area contributed by atoms with Gasteiger partial charge in [0, 0.05) is 11.6 Å². The summed E-state index contributed by atoms with van der Waals surface area (Å²) < 4.78 is 0. The van der Waals surface area contributed by atoms with Crippen LogP contribution in [0.5, 0.6) is 0 Å². The third-order valence-electron chi connectivity index (χ3n) is 6.13. The van der Waals surface area contributed by atoms with E-state index in [0.29, 0.717) is 17.4 Å². The van der Waals surface area contributed by atoms with Crippen LogP contribution in [-0.2, 0) is 9.59 Å². The van der Waals surface area contributed by atoms with Gasteiger partial charge in [0.05, 0.1) is 23.0 Å². The smallest absolute Gasteiger partial charge is 0.272 e. The summed E-state index contributed by atoms with van der Waals surface area (Å²) in [6, 6.07) is 4.22. The fourth-order valence-electron chi connectivity index (χ4n) is 4.93. The molecule has 6 rings (SSSR count). The third-order valence-corrected chi connectivity index (χ3v) is 6.45. The summed E-state index contributed by atoms with van der Waals surface area (Å²) in [6.45, 7) is 0. The van der Waals surface area contributed by atoms with Gasteiger partial charge in [0.1, 0.15) is 5.02 Å². The van der Waals surface area contributed by atoms with Gasteiger partial charge in [-0.25, -0.2) is 0 Å². The Bertz CT molecular complexity index is 891. The Balaban J connectivity index is 1.43. The minimum atomic E-state index is -0.587.